The highest BCUT2D eigenvalue weighted by Crippen LogP contribution is 2.18. The molecular weight excluding hydrogens is 128 g/mol. The maximum absolute atomic E-state index is 11.0. The van der Waals surface area contributed by atoms with Crippen molar-refractivity contribution in [2.45, 2.75) is 0 Å². The first-order valence-corrected chi connectivity index (χ1v) is 3.09. The van der Waals surface area contributed by atoms with Crippen LogP contribution in [0.1, 0.15) is 10.4 Å². The van der Waals surface area contributed by atoms with Crippen LogP contribution < -0.4 is 5.32 Å². The molecule has 0 unspecified atom stereocenters. The van der Waals surface area contributed by atoms with Gasteiger partial charge < -0.3 is 5.32 Å². The number of fused-ring (bicyclic) bond motifs is 1. The van der Waals surface area contributed by atoms with Crippen molar-refractivity contribution < 1.29 is 4.79 Å². The largest absolute Gasteiger partial charge is 0.376 e. The van der Waals surface area contributed by atoms with Gasteiger partial charge in [0.15, 0.2) is 5.78 Å². The van der Waals surface area contributed by atoms with Gasteiger partial charge in [-0.05, 0) is 6.07 Å². The minimum atomic E-state index is 0.150. The third kappa shape index (κ3) is 0.603. The number of rotatable bonds is 0. The van der Waals surface area contributed by atoms with Crippen molar-refractivity contribution in [1.29, 1.82) is 0 Å². The Balaban J connectivity index is 2.61. The summed E-state index contributed by atoms with van der Waals surface area (Å²) in [5.41, 5.74) is 1.61. The summed E-state index contributed by atoms with van der Waals surface area (Å²) in [6.07, 6.45) is 3.30. The number of hydrogen-bond donors (Lipinski definition) is 1. The Labute approximate surface area is 58.1 Å². The van der Waals surface area contributed by atoms with Gasteiger partial charge in [0.05, 0.1) is 18.4 Å². The number of Topliss-reactive ketones (excluding diaryl/α,β-unsaturated/α-hetero) is 1. The fraction of sp³-hybridized carbons (Fsp3) is 0.143. The third-order valence-electron chi connectivity index (χ3n) is 1.56. The first-order valence-electron chi connectivity index (χ1n) is 3.09. The summed E-state index contributed by atoms with van der Waals surface area (Å²) in [7, 11) is 0. The summed E-state index contributed by atoms with van der Waals surface area (Å²) in [6, 6.07) is 1.73. The zero-order valence-corrected chi connectivity index (χ0v) is 5.29. The van der Waals surface area contributed by atoms with Gasteiger partial charge >= 0.3 is 0 Å². The molecule has 0 amide bonds. The van der Waals surface area contributed by atoms with Crippen molar-refractivity contribution in [1.82, 2.24) is 4.98 Å². The van der Waals surface area contributed by atoms with E-state index in [0.29, 0.717) is 6.54 Å². The average Bonchev–Trinajstić information content (AvgIpc) is 2.34. The zero-order chi connectivity index (χ0) is 6.97. The highest BCUT2D eigenvalue weighted by atomic mass is 16.1. The van der Waals surface area contributed by atoms with E-state index in [2.05, 4.69) is 10.3 Å². The normalized spacial score (nSPS) is 14.6. The molecule has 1 aliphatic rings. The Hall–Kier alpha value is -1.38. The minimum Gasteiger partial charge on any atom is -0.376 e. The molecule has 1 aromatic heterocycles. The van der Waals surface area contributed by atoms with E-state index in [9.17, 15) is 4.79 Å². The molecular formula is C7H6N2O. The lowest BCUT2D eigenvalue weighted by Crippen LogP contribution is -2.00. The lowest BCUT2D eigenvalue weighted by molar-refractivity contribution is 0.101. The monoisotopic (exact) mass is 134 g/mol. The van der Waals surface area contributed by atoms with E-state index in [4.69, 9.17) is 0 Å². The Bertz CT molecular complexity index is 283. The van der Waals surface area contributed by atoms with E-state index in [1.807, 2.05) is 0 Å². The van der Waals surface area contributed by atoms with Crippen LogP contribution >= 0.6 is 0 Å². The van der Waals surface area contributed by atoms with Crippen LogP contribution in [0.4, 0.5) is 5.69 Å². The molecule has 0 atom stereocenters. The Morgan fingerprint density at radius 2 is 2.50 bits per heavy atom. The van der Waals surface area contributed by atoms with E-state index >= 15 is 0 Å². The van der Waals surface area contributed by atoms with E-state index < -0.39 is 0 Å². The molecule has 0 saturated carbocycles. The number of nitrogens with zero attached hydrogens (tertiary/aromatic N) is 1. The smallest absolute Gasteiger partial charge is 0.184 e. The molecule has 1 aromatic rings. The molecule has 50 valence electrons. The molecule has 1 aliphatic heterocycles. The molecule has 0 radical (unpaired) electrons. The SMILES string of the molecule is O=C1CNc2cnccc21. The highest BCUT2D eigenvalue weighted by molar-refractivity contribution is 6.07. The molecule has 3 nitrogen and oxygen atoms in total. The van der Waals surface area contributed by atoms with Gasteiger partial charge in [-0.15, -0.1) is 0 Å². The highest BCUT2D eigenvalue weighted by Gasteiger charge is 2.17. The first kappa shape index (κ1) is 5.41. The van der Waals surface area contributed by atoms with Gasteiger partial charge in [-0.25, -0.2) is 0 Å². The fourth-order valence-electron chi connectivity index (χ4n) is 1.05. The second-order valence-electron chi connectivity index (χ2n) is 2.20. The van der Waals surface area contributed by atoms with Gasteiger partial charge in [0, 0.05) is 11.8 Å². The molecule has 0 aliphatic carbocycles. The van der Waals surface area contributed by atoms with Crippen LogP contribution in [0.25, 0.3) is 0 Å². The number of nitrogens with one attached hydrogen (secondary N) is 1. The van der Waals surface area contributed by atoms with E-state index in [1.54, 1.807) is 18.5 Å². The Morgan fingerprint density at radius 1 is 1.60 bits per heavy atom. The summed E-state index contributed by atoms with van der Waals surface area (Å²) in [6.45, 7) is 0.418. The lowest BCUT2D eigenvalue weighted by Gasteiger charge is -1.92. The van der Waals surface area contributed by atoms with E-state index in [0.717, 1.165) is 11.3 Å². The Morgan fingerprint density at radius 3 is 3.30 bits per heavy atom. The zero-order valence-electron chi connectivity index (χ0n) is 5.29. The van der Waals surface area contributed by atoms with Gasteiger partial charge in [-0.2, -0.15) is 0 Å². The molecule has 0 saturated heterocycles. The average molecular weight is 134 g/mol. The molecule has 1 N–H and O–H groups in total. The first-order chi connectivity index (χ1) is 4.88. The summed E-state index contributed by atoms with van der Waals surface area (Å²) < 4.78 is 0. The number of ketones is 1. The van der Waals surface area contributed by atoms with Crippen molar-refractivity contribution >= 4 is 11.5 Å². The molecule has 2 heterocycles. The van der Waals surface area contributed by atoms with Crippen LogP contribution in [0.3, 0.4) is 0 Å². The van der Waals surface area contributed by atoms with Gasteiger partial charge in [0.2, 0.25) is 0 Å². The molecule has 10 heavy (non-hydrogen) atoms. The van der Waals surface area contributed by atoms with Crippen LogP contribution in [-0.4, -0.2) is 17.3 Å². The van der Waals surface area contributed by atoms with Crippen LogP contribution in [0.15, 0.2) is 18.5 Å². The van der Waals surface area contributed by atoms with Gasteiger partial charge in [0.25, 0.3) is 0 Å². The second kappa shape index (κ2) is 1.80. The van der Waals surface area contributed by atoms with Gasteiger partial charge in [-0.3, -0.25) is 9.78 Å². The minimum absolute atomic E-state index is 0.150. The number of anilines is 1. The van der Waals surface area contributed by atoms with Crippen LogP contribution in [0.5, 0.6) is 0 Å². The fourth-order valence-corrected chi connectivity index (χ4v) is 1.05. The predicted octanol–water partition coefficient (Wildman–Crippen LogP) is 0.690. The number of carbonyl (C=O) groups is 1. The molecule has 0 bridgehead atoms. The van der Waals surface area contributed by atoms with Gasteiger partial charge in [-0.1, -0.05) is 0 Å². The summed E-state index contributed by atoms with van der Waals surface area (Å²) in [4.78, 5) is 14.9. The van der Waals surface area contributed by atoms with Crippen molar-refractivity contribution in [2.75, 3.05) is 11.9 Å². The molecule has 0 aromatic carbocycles. The standard InChI is InChI=1S/C7H6N2O/c10-7-4-9-6-3-8-2-1-5(6)7/h1-3,9H,4H2. The van der Waals surface area contributed by atoms with Crippen molar-refractivity contribution in [3.8, 4) is 0 Å². The summed E-state index contributed by atoms with van der Waals surface area (Å²) in [5, 5.41) is 2.94. The van der Waals surface area contributed by atoms with Crippen LogP contribution in [0.2, 0.25) is 0 Å². The van der Waals surface area contributed by atoms with Crippen molar-refractivity contribution in [3.63, 3.8) is 0 Å². The van der Waals surface area contributed by atoms with Crippen LogP contribution in [-0.2, 0) is 0 Å². The van der Waals surface area contributed by atoms with E-state index in [1.165, 1.54) is 0 Å². The number of carbonyl (C=O) groups excluding carboxylic acids is 1. The number of hydrogen-bond acceptors (Lipinski definition) is 3. The lowest BCUT2D eigenvalue weighted by atomic mass is 10.2. The number of aromatic nitrogens is 1. The van der Waals surface area contributed by atoms with Crippen molar-refractivity contribution in [2.24, 2.45) is 0 Å². The summed E-state index contributed by atoms with van der Waals surface area (Å²) in [5.74, 6) is 0.150. The van der Waals surface area contributed by atoms with Crippen LogP contribution in [0, 0.1) is 0 Å². The van der Waals surface area contributed by atoms with E-state index in [-0.39, 0.29) is 5.78 Å². The quantitative estimate of drug-likeness (QED) is 0.567. The third-order valence-corrected chi connectivity index (χ3v) is 1.56. The van der Waals surface area contributed by atoms with Crippen molar-refractivity contribution in [3.05, 3.63) is 24.0 Å². The topological polar surface area (TPSA) is 42.0 Å². The molecule has 0 fully saturated rings. The Kier molecular flexibility index (Phi) is 0.974. The maximum Gasteiger partial charge on any atom is 0.184 e. The molecule has 3 heteroatoms. The predicted molar refractivity (Wildman–Crippen MR) is 37.1 cm³/mol. The summed E-state index contributed by atoms with van der Waals surface area (Å²) >= 11 is 0. The van der Waals surface area contributed by atoms with Gasteiger partial charge in [0.1, 0.15) is 0 Å². The second-order valence-corrected chi connectivity index (χ2v) is 2.20. The number of pyridine rings is 1. The molecule has 2 rings (SSSR count). The maximum atomic E-state index is 11.0. The molecule has 0 spiro atoms.